The van der Waals surface area contributed by atoms with E-state index in [0.29, 0.717) is 17.4 Å². The molecular weight excluding hydrogens is 334 g/mol. The van der Waals surface area contributed by atoms with Gasteiger partial charge in [-0.3, -0.25) is 4.79 Å². The van der Waals surface area contributed by atoms with Crippen LogP contribution in [0.15, 0.2) is 18.2 Å². The van der Waals surface area contributed by atoms with Gasteiger partial charge in [0.05, 0.1) is 27.8 Å². The summed E-state index contributed by atoms with van der Waals surface area (Å²) in [7, 11) is 4.54. The molecule has 1 saturated carbocycles. The molecule has 0 spiro atoms. The van der Waals surface area contributed by atoms with Crippen molar-refractivity contribution in [1.82, 2.24) is 4.90 Å². The normalized spacial score (nSPS) is 24.7. The Morgan fingerprint density at radius 3 is 2.50 bits per heavy atom. The minimum atomic E-state index is -0.458. The molecule has 6 nitrogen and oxygen atoms in total. The Morgan fingerprint density at radius 2 is 1.81 bits per heavy atom. The molecule has 1 aromatic rings. The van der Waals surface area contributed by atoms with Crippen LogP contribution in [0.5, 0.6) is 11.5 Å². The fourth-order valence-electron chi connectivity index (χ4n) is 4.42. The van der Waals surface area contributed by atoms with Crippen LogP contribution in [0.2, 0.25) is 0 Å². The number of hydrogen-bond acceptors (Lipinski definition) is 5. The lowest BCUT2D eigenvalue weighted by atomic mass is 9.84. The number of benzene rings is 1. The molecule has 1 heterocycles. The molecule has 2 aliphatic rings. The van der Waals surface area contributed by atoms with Crippen LogP contribution < -0.4 is 9.47 Å². The fraction of sp³-hybridized carbons (Fsp3) is 0.600. The number of likely N-dealkylation sites (tertiary alicyclic amines) is 1. The molecule has 1 aliphatic carbocycles. The lowest BCUT2D eigenvalue weighted by Crippen LogP contribution is -2.47. The lowest BCUT2D eigenvalue weighted by molar-refractivity contribution is -0.152. The first-order chi connectivity index (χ1) is 12.6. The van der Waals surface area contributed by atoms with Crippen LogP contribution in [0, 0.1) is 5.92 Å². The van der Waals surface area contributed by atoms with Crippen LogP contribution in [0.25, 0.3) is 0 Å². The highest BCUT2D eigenvalue weighted by molar-refractivity contribution is 5.87. The van der Waals surface area contributed by atoms with Crippen molar-refractivity contribution in [2.24, 2.45) is 5.92 Å². The Hall–Kier alpha value is -2.24. The number of carbonyl (C=O) groups excluding carboxylic acids is 2. The van der Waals surface area contributed by atoms with Gasteiger partial charge in [-0.15, -0.1) is 0 Å². The summed E-state index contributed by atoms with van der Waals surface area (Å²) in [4.78, 5) is 27.2. The van der Waals surface area contributed by atoms with Crippen LogP contribution >= 0.6 is 0 Å². The zero-order chi connectivity index (χ0) is 18.7. The van der Waals surface area contributed by atoms with E-state index < -0.39 is 6.04 Å². The molecule has 2 fully saturated rings. The minimum Gasteiger partial charge on any atom is -0.493 e. The standard InChI is InChI=1S/C20H27NO5/c1-24-17-9-8-13(10-18(17)25-2)11-19(22)21-15-7-5-4-6-14(15)12-16(21)20(23)26-3/h8-10,14-16H,4-7,11-12H2,1-3H3/t14-,15-,16-/m0/s1. The Balaban J connectivity index is 1.81. The summed E-state index contributed by atoms with van der Waals surface area (Å²) in [5.74, 6) is 1.30. The number of fused-ring (bicyclic) bond motifs is 1. The highest BCUT2D eigenvalue weighted by Crippen LogP contribution is 2.40. The van der Waals surface area contributed by atoms with E-state index in [4.69, 9.17) is 14.2 Å². The molecule has 1 saturated heterocycles. The average molecular weight is 361 g/mol. The van der Waals surface area contributed by atoms with Crippen molar-refractivity contribution < 1.29 is 23.8 Å². The first kappa shape index (κ1) is 18.5. The Morgan fingerprint density at radius 1 is 1.08 bits per heavy atom. The maximum Gasteiger partial charge on any atom is 0.328 e. The second-order valence-electron chi connectivity index (χ2n) is 7.05. The van der Waals surface area contributed by atoms with Crippen LogP contribution in [-0.4, -0.2) is 50.2 Å². The van der Waals surface area contributed by atoms with Crippen molar-refractivity contribution in [3.63, 3.8) is 0 Å². The molecule has 0 radical (unpaired) electrons. The number of hydrogen-bond donors (Lipinski definition) is 0. The van der Waals surface area contributed by atoms with Crippen molar-refractivity contribution in [3.05, 3.63) is 23.8 Å². The number of amides is 1. The smallest absolute Gasteiger partial charge is 0.328 e. The van der Waals surface area contributed by atoms with Crippen molar-refractivity contribution in [2.45, 2.75) is 50.6 Å². The van der Waals surface area contributed by atoms with E-state index in [0.717, 1.165) is 31.2 Å². The highest BCUT2D eigenvalue weighted by Gasteiger charge is 2.47. The molecule has 0 bridgehead atoms. The largest absolute Gasteiger partial charge is 0.493 e. The van der Waals surface area contributed by atoms with Crippen molar-refractivity contribution >= 4 is 11.9 Å². The van der Waals surface area contributed by atoms with E-state index in [-0.39, 0.29) is 24.3 Å². The Bertz CT molecular complexity index is 674. The third kappa shape index (κ3) is 3.50. The summed E-state index contributed by atoms with van der Waals surface area (Å²) in [6.07, 6.45) is 5.28. The third-order valence-corrected chi connectivity index (χ3v) is 5.65. The lowest BCUT2D eigenvalue weighted by Gasteiger charge is -2.33. The summed E-state index contributed by atoms with van der Waals surface area (Å²) in [6.45, 7) is 0. The number of carbonyl (C=O) groups is 2. The molecule has 142 valence electrons. The molecule has 0 N–H and O–H groups in total. The Kier molecular flexibility index (Phi) is 5.69. The molecule has 26 heavy (non-hydrogen) atoms. The summed E-state index contributed by atoms with van der Waals surface area (Å²) in [6, 6.07) is 5.17. The van der Waals surface area contributed by atoms with E-state index in [2.05, 4.69) is 0 Å². The average Bonchev–Trinajstić information content (AvgIpc) is 3.06. The number of methoxy groups -OCH3 is 3. The van der Waals surface area contributed by atoms with E-state index in [1.54, 1.807) is 25.2 Å². The maximum atomic E-state index is 13.1. The minimum absolute atomic E-state index is 0.0259. The van der Waals surface area contributed by atoms with Gasteiger partial charge in [-0.05, 0) is 42.9 Å². The van der Waals surface area contributed by atoms with Gasteiger partial charge in [0.2, 0.25) is 5.91 Å². The molecule has 3 atom stereocenters. The van der Waals surface area contributed by atoms with Crippen LogP contribution in [0.3, 0.4) is 0 Å². The molecule has 3 rings (SSSR count). The second-order valence-corrected chi connectivity index (χ2v) is 7.05. The highest BCUT2D eigenvalue weighted by atomic mass is 16.5. The zero-order valence-corrected chi connectivity index (χ0v) is 15.7. The third-order valence-electron chi connectivity index (χ3n) is 5.65. The Labute approximate surface area is 154 Å². The molecular formula is C20H27NO5. The SMILES string of the molecule is COC(=O)[C@@H]1C[C@@H]2CCCC[C@@H]2N1C(=O)Cc1ccc(OC)c(OC)c1. The zero-order valence-electron chi connectivity index (χ0n) is 15.7. The summed E-state index contributed by atoms with van der Waals surface area (Å²) in [5.41, 5.74) is 0.843. The monoisotopic (exact) mass is 361 g/mol. The molecule has 1 amide bonds. The molecule has 1 aromatic carbocycles. The molecule has 1 aliphatic heterocycles. The molecule has 0 unspecified atom stereocenters. The van der Waals surface area contributed by atoms with Crippen molar-refractivity contribution in [3.8, 4) is 11.5 Å². The predicted octanol–water partition coefficient (Wildman–Crippen LogP) is 2.58. The van der Waals surface area contributed by atoms with Crippen LogP contribution in [-0.2, 0) is 20.7 Å². The maximum absolute atomic E-state index is 13.1. The number of nitrogens with zero attached hydrogens (tertiary/aromatic N) is 1. The first-order valence-electron chi connectivity index (χ1n) is 9.19. The van der Waals surface area contributed by atoms with Gasteiger partial charge in [-0.2, -0.15) is 0 Å². The van der Waals surface area contributed by atoms with E-state index >= 15 is 0 Å². The van der Waals surface area contributed by atoms with E-state index in [1.165, 1.54) is 13.5 Å². The summed E-state index contributed by atoms with van der Waals surface area (Å²) >= 11 is 0. The van der Waals surface area contributed by atoms with Gasteiger partial charge < -0.3 is 19.1 Å². The first-order valence-corrected chi connectivity index (χ1v) is 9.19. The van der Waals surface area contributed by atoms with Crippen LogP contribution in [0.1, 0.15) is 37.7 Å². The van der Waals surface area contributed by atoms with Gasteiger partial charge in [0.1, 0.15) is 6.04 Å². The second kappa shape index (κ2) is 7.98. The van der Waals surface area contributed by atoms with Gasteiger partial charge in [-0.1, -0.05) is 18.9 Å². The summed E-state index contributed by atoms with van der Waals surface area (Å²) < 4.78 is 15.5. The van der Waals surface area contributed by atoms with Gasteiger partial charge in [-0.25, -0.2) is 4.79 Å². The van der Waals surface area contributed by atoms with Gasteiger partial charge in [0, 0.05) is 6.04 Å². The molecule has 0 aromatic heterocycles. The quantitative estimate of drug-likeness (QED) is 0.754. The predicted molar refractivity (Wildman–Crippen MR) is 96.3 cm³/mol. The van der Waals surface area contributed by atoms with Crippen molar-refractivity contribution in [2.75, 3.05) is 21.3 Å². The van der Waals surface area contributed by atoms with E-state index in [1.807, 2.05) is 12.1 Å². The van der Waals surface area contributed by atoms with Crippen LogP contribution in [0.4, 0.5) is 0 Å². The topological polar surface area (TPSA) is 65.1 Å². The molecule has 6 heteroatoms. The summed E-state index contributed by atoms with van der Waals surface area (Å²) in [5, 5.41) is 0. The van der Waals surface area contributed by atoms with Gasteiger partial charge in [0.15, 0.2) is 11.5 Å². The number of rotatable bonds is 5. The fourth-order valence-corrected chi connectivity index (χ4v) is 4.42. The van der Waals surface area contributed by atoms with E-state index in [9.17, 15) is 9.59 Å². The van der Waals surface area contributed by atoms with Gasteiger partial charge in [0.25, 0.3) is 0 Å². The van der Waals surface area contributed by atoms with Gasteiger partial charge >= 0.3 is 5.97 Å². The van der Waals surface area contributed by atoms with Crippen molar-refractivity contribution in [1.29, 1.82) is 0 Å². The number of ether oxygens (including phenoxy) is 3. The number of esters is 1.